The zero-order chi connectivity index (χ0) is 22.5. The maximum absolute atomic E-state index is 13.0. The molecule has 1 unspecified atom stereocenters. The number of halogens is 1. The maximum atomic E-state index is 13.0. The van der Waals surface area contributed by atoms with E-state index in [4.69, 9.17) is 13.9 Å². The van der Waals surface area contributed by atoms with Crippen LogP contribution in [0.2, 0.25) is 0 Å². The summed E-state index contributed by atoms with van der Waals surface area (Å²) in [5.41, 5.74) is 0.535. The van der Waals surface area contributed by atoms with E-state index in [0.29, 0.717) is 55.4 Å². The number of rotatable bonds is 7. The lowest BCUT2D eigenvalue weighted by Crippen LogP contribution is -2.31. The molecule has 1 aromatic heterocycles. The SMILES string of the molecule is Cc1cc(OC2CCN(C(=O)CCc3cccc(Oc4ccc(F)cc4)c3)C2)cc(=O)o1. The number of aryl methyl sites for hydroxylation is 2. The predicted molar refractivity (Wildman–Crippen MR) is 117 cm³/mol. The molecule has 2 aromatic carbocycles. The van der Waals surface area contributed by atoms with Crippen LogP contribution in [0.1, 0.15) is 24.2 Å². The average molecular weight is 437 g/mol. The Kier molecular flexibility index (Phi) is 6.54. The van der Waals surface area contributed by atoms with E-state index in [0.717, 1.165) is 5.56 Å². The first-order chi connectivity index (χ1) is 15.4. The van der Waals surface area contributed by atoms with Crippen LogP contribution in [0.3, 0.4) is 0 Å². The van der Waals surface area contributed by atoms with Gasteiger partial charge in [-0.1, -0.05) is 12.1 Å². The molecule has 3 aromatic rings. The first kappa shape index (κ1) is 21.6. The summed E-state index contributed by atoms with van der Waals surface area (Å²) in [6, 6.07) is 16.4. The minimum absolute atomic E-state index is 0.0599. The Bertz CT molecular complexity index is 1140. The van der Waals surface area contributed by atoms with E-state index < -0.39 is 5.63 Å². The van der Waals surface area contributed by atoms with Gasteiger partial charge >= 0.3 is 5.63 Å². The highest BCUT2D eigenvalue weighted by Crippen LogP contribution is 2.24. The summed E-state index contributed by atoms with van der Waals surface area (Å²) < 4.78 is 29.6. The van der Waals surface area contributed by atoms with Crippen LogP contribution in [0.4, 0.5) is 4.39 Å². The summed E-state index contributed by atoms with van der Waals surface area (Å²) in [5, 5.41) is 0. The Labute approximate surface area is 185 Å². The van der Waals surface area contributed by atoms with Crippen molar-refractivity contribution in [2.24, 2.45) is 0 Å². The average Bonchev–Trinajstić information content (AvgIpc) is 3.22. The Morgan fingerprint density at radius 2 is 1.91 bits per heavy atom. The lowest BCUT2D eigenvalue weighted by atomic mass is 10.1. The molecule has 1 fully saturated rings. The molecule has 7 heteroatoms. The smallest absolute Gasteiger partial charge is 0.339 e. The van der Waals surface area contributed by atoms with Gasteiger partial charge in [-0.05, 0) is 55.3 Å². The lowest BCUT2D eigenvalue weighted by Gasteiger charge is -2.17. The summed E-state index contributed by atoms with van der Waals surface area (Å²) in [5.74, 6) is 1.89. The maximum Gasteiger partial charge on any atom is 0.339 e. The first-order valence-electron chi connectivity index (χ1n) is 10.5. The van der Waals surface area contributed by atoms with E-state index in [9.17, 15) is 14.0 Å². The fraction of sp³-hybridized carbons (Fsp3) is 0.280. The molecule has 1 atom stereocenters. The molecular weight excluding hydrogens is 413 g/mol. The molecule has 0 aliphatic carbocycles. The zero-order valence-corrected chi connectivity index (χ0v) is 17.8. The van der Waals surface area contributed by atoms with Crippen LogP contribution in [0.5, 0.6) is 17.2 Å². The number of ether oxygens (including phenoxy) is 2. The molecule has 0 saturated carbocycles. The third kappa shape index (κ3) is 5.75. The van der Waals surface area contributed by atoms with Gasteiger partial charge in [0.15, 0.2) is 0 Å². The van der Waals surface area contributed by atoms with Crippen LogP contribution >= 0.6 is 0 Å². The van der Waals surface area contributed by atoms with Gasteiger partial charge in [0.25, 0.3) is 0 Å². The van der Waals surface area contributed by atoms with Gasteiger partial charge in [0.05, 0.1) is 12.6 Å². The van der Waals surface area contributed by atoms with Gasteiger partial charge < -0.3 is 18.8 Å². The Morgan fingerprint density at radius 3 is 2.69 bits per heavy atom. The van der Waals surface area contributed by atoms with Gasteiger partial charge in [-0.2, -0.15) is 0 Å². The van der Waals surface area contributed by atoms with Crippen molar-refractivity contribution in [1.29, 1.82) is 0 Å². The highest BCUT2D eigenvalue weighted by atomic mass is 19.1. The van der Waals surface area contributed by atoms with Gasteiger partial charge in [-0.25, -0.2) is 9.18 Å². The van der Waals surface area contributed by atoms with Gasteiger partial charge in [0.2, 0.25) is 5.91 Å². The highest BCUT2D eigenvalue weighted by molar-refractivity contribution is 5.76. The number of amides is 1. The molecule has 1 amide bonds. The van der Waals surface area contributed by atoms with Crippen molar-refractivity contribution in [1.82, 2.24) is 4.90 Å². The summed E-state index contributed by atoms with van der Waals surface area (Å²) in [7, 11) is 0. The van der Waals surface area contributed by atoms with E-state index in [1.54, 1.807) is 30.0 Å². The Hall–Kier alpha value is -3.61. The molecule has 0 bridgehead atoms. The molecule has 166 valence electrons. The molecule has 32 heavy (non-hydrogen) atoms. The number of likely N-dealkylation sites (tertiary alicyclic amines) is 1. The first-order valence-corrected chi connectivity index (χ1v) is 10.5. The largest absolute Gasteiger partial charge is 0.488 e. The zero-order valence-electron chi connectivity index (χ0n) is 17.8. The van der Waals surface area contributed by atoms with Crippen molar-refractivity contribution in [3.63, 3.8) is 0 Å². The van der Waals surface area contributed by atoms with Gasteiger partial charge in [-0.15, -0.1) is 0 Å². The molecule has 0 spiro atoms. The van der Waals surface area contributed by atoms with Crippen LogP contribution in [-0.4, -0.2) is 30.0 Å². The van der Waals surface area contributed by atoms with Crippen LogP contribution in [0.15, 0.2) is 69.9 Å². The molecule has 1 aliphatic heterocycles. The van der Waals surface area contributed by atoms with Gasteiger partial charge in [-0.3, -0.25) is 4.79 Å². The molecule has 1 aliphatic rings. The second-order valence-corrected chi connectivity index (χ2v) is 7.79. The third-order valence-corrected chi connectivity index (χ3v) is 5.24. The van der Waals surface area contributed by atoms with Crippen LogP contribution in [0.25, 0.3) is 0 Å². The molecule has 1 saturated heterocycles. The number of nitrogens with zero attached hydrogens (tertiary/aromatic N) is 1. The van der Waals surface area contributed by atoms with E-state index in [-0.39, 0.29) is 17.8 Å². The summed E-state index contributed by atoms with van der Waals surface area (Å²) >= 11 is 0. The minimum atomic E-state index is -0.448. The van der Waals surface area contributed by atoms with Gasteiger partial charge in [0, 0.05) is 25.5 Å². The van der Waals surface area contributed by atoms with Crippen molar-refractivity contribution in [3.05, 3.63) is 88.2 Å². The Morgan fingerprint density at radius 1 is 1.09 bits per heavy atom. The summed E-state index contributed by atoms with van der Waals surface area (Å²) in [6.07, 6.45) is 1.53. The molecular formula is C25H24FNO5. The van der Waals surface area contributed by atoms with Crippen molar-refractivity contribution in [2.45, 2.75) is 32.3 Å². The second kappa shape index (κ2) is 9.68. The normalized spacial score (nSPS) is 15.6. The summed E-state index contributed by atoms with van der Waals surface area (Å²) in [4.78, 5) is 25.9. The van der Waals surface area contributed by atoms with Crippen LogP contribution in [0, 0.1) is 12.7 Å². The summed E-state index contributed by atoms with van der Waals surface area (Å²) in [6.45, 7) is 2.81. The van der Waals surface area contributed by atoms with E-state index >= 15 is 0 Å². The highest BCUT2D eigenvalue weighted by Gasteiger charge is 2.27. The van der Waals surface area contributed by atoms with E-state index in [2.05, 4.69) is 0 Å². The van der Waals surface area contributed by atoms with Crippen molar-refractivity contribution >= 4 is 5.91 Å². The molecule has 4 rings (SSSR count). The van der Waals surface area contributed by atoms with Crippen molar-refractivity contribution in [3.8, 4) is 17.2 Å². The Balaban J connectivity index is 1.28. The third-order valence-electron chi connectivity index (χ3n) is 5.24. The van der Waals surface area contributed by atoms with E-state index in [1.165, 1.54) is 18.2 Å². The van der Waals surface area contributed by atoms with Gasteiger partial charge in [0.1, 0.15) is 34.9 Å². The fourth-order valence-corrected chi connectivity index (χ4v) is 3.70. The quantitative estimate of drug-likeness (QED) is 0.545. The topological polar surface area (TPSA) is 69.0 Å². The van der Waals surface area contributed by atoms with E-state index in [1.807, 2.05) is 24.3 Å². The monoisotopic (exact) mass is 437 g/mol. The molecule has 6 nitrogen and oxygen atoms in total. The van der Waals surface area contributed by atoms with Crippen LogP contribution in [-0.2, 0) is 11.2 Å². The lowest BCUT2D eigenvalue weighted by molar-refractivity contribution is -0.130. The number of benzene rings is 2. The predicted octanol–water partition coefficient (Wildman–Crippen LogP) is 4.49. The number of hydrogen-bond donors (Lipinski definition) is 0. The standard InChI is InChI=1S/C25H24FNO5/c1-17-13-23(15-25(29)30-17)32-22-11-12-27(16-22)24(28)10-5-18-3-2-4-21(14-18)31-20-8-6-19(26)7-9-20/h2-4,6-9,13-15,22H,5,10-12,16H2,1H3. The molecule has 0 radical (unpaired) electrons. The second-order valence-electron chi connectivity index (χ2n) is 7.79. The molecule has 2 heterocycles. The van der Waals surface area contributed by atoms with Crippen molar-refractivity contribution < 1.29 is 23.1 Å². The number of carbonyl (C=O) groups excluding carboxylic acids is 1. The van der Waals surface area contributed by atoms with Crippen LogP contribution < -0.4 is 15.1 Å². The fourth-order valence-electron chi connectivity index (χ4n) is 3.70. The number of carbonyl (C=O) groups is 1. The molecule has 0 N–H and O–H groups in total. The van der Waals surface area contributed by atoms with Crippen molar-refractivity contribution in [2.75, 3.05) is 13.1 Å². The number of hydrogen-bond acceptors (Lipinski definition) is 5. The minimum Gasteiger partial charge on any atom is -0.488 e.